The predicted molar refractivity (Wildman–Crippen MR) is 78.4 cm³/mol. The van der Waals surface area contributed by atoms with Gasteiger partial charge in [-0.3, -0.25) is 9.59 Å². The van der Waals surface area contributed by atoms with Crippen molar-refractivity contribution in [2.45, 2.75) is 6.61 Å². The van der Waals surface area contributed by atoms with Crippen LogP contribution in [-0.2, 0) is 20.9 Å². The lowest BCUT2D eigenvalue weighted by Crippen LogP contribution is -2.16. The van der Waals surface area contributed by atoms with E-state index in [0.717, 1.165) is 21.8 Å². The third-order valence-corrected chi connectivity index (χ3v) is 3.80. The molecule has 0 aliphatic heterocycles. The molecule has 0 radical (unpaired) electrons. The topological polar surface area (TPSA) is 75.6 Å². The van der Waals surface area contributed by atoms with Crippen LogP contribution in [-0.4, -0.2) is 35.6 Å². The van der Waals surface area contributed by atoms with E-state index in [1.54, 1.807) is 13.2 Å². The van der Waals surface area contributed by atoms with Crippen LogP contribution in [0.25, 0.3) is 0 Å². The molecule has 0 fully saturated rings. The summed E-state index contributed by atoms with van der Waals surface area (Å²) in [6.07, 6.45) is 0. The first-order valence-electron chi connectivity index (χ1n) is 5.40. The van der Waals surface area contributed by atoms with Gasteiger partial charge >= 0.3 is 5.97 Å². The smallest absolute Gasteiger partial charge is 0.313 e. The predicted octanol–water partition coefficient (Wildman–Crippen LogP) is 2.35. The SMILES string of the molecule is COCc1c(Br)cccc1NC(=O)CSCC(=O)O. The second-order valence-electron chi connectivity index (χ2n) is 3.63. The fourth-order valence-electron chi connectivity index (χ4n) is 1.38. The van der Waals surface area contributed by atoms with E-state index in [1.807, 2.05) is 12.1 Å². The van der Waals surface area contributed by atoms with E-state index in [0.29, 0.717) is 12.3 Å². The first-order chi connectivity index (χ1) is 9.04. The largest absolute Gasteiger partial charge is 0.481 e. The molecule has 0 saturated heterocycles. The number of nitrogens with one attached hydrogen (secondary N) is 1. The molecule has 0 aliphatic rings. The minimum absolute atomic E-state index is 0.0865. The van der Waals surface area contributed by atoms with Crippen molar-refractivity contribution in [2.24, 2.45) is 0 Å². The maximum absolute atomic E-state index is 11.7. The second-order valence-corrected chi connectivity index (χ2v) is 5.47. The summed E-state index contributed by atoms with van der Waals surface area (Å²) in [4.78, 5) is 22.0. The van der Waals surface area contributed by atoms with Crippen molar-refractivity contribution in [2.75, 3.05) is 23.9 Å². The third kappa shape index (κ3) is 5.63. The van der Waals surface area contributed by atoms with Crippen molar-refractivity contribution in [1.29, 1.82) is 0 Å². The molecule has 1 aromatic carbocycles. The number of carbonyl (C=O) groups excluding carboxylic acids is 1. The molecule has 5 nitrogen and oxygen atoms in total. The minimum Gasteiger partial charge on any atom is -0.481 e. The summed E-state index contributed by atoms with van der Waals surface area (Å²) in [6.45, 7) is 0.374. The van der Waals surface area contributed by atoms with Crippen molar-refractivity contribution < 1.29 is 19.4 Å². The number of hydrogen-bond acceptors (Lipinski definition) is 4. The Morgan fingerprint density at radius 1 is 1.42 bits per heavy atom. The Morgan fingerprint density at radius 2 is 2.16 bits per heavy atom. The third-order valence-electron chi connectivity index (χ3n) is 2.14. The van der Waals surface area contributed by atoms with E-state index in [4.69, 9.17) is 9.84 Å². The van der Waals surface area contributed by atoms with Crippen LogP contribution in [0.2, 0.25) is 0 Å². The van der Waals surface area contributed by atoms with Crippen molar-refractivity contribution in [3.05, 3.63) is 28.2 Å². The number of anilines is 1. The van der Waals surface area contributed by atoms with Gasteiger partial charge in [0.15, 0.2) is 0 Å². The summed E-state index contributed by atoms with van der Waals surface area (Å²) in [6, 6.07) is 5.45. The zero-order chi connectivity index (χ0) is 14.3. The van der Waals surface area contributed by atoms with Crippen LogP contribution in [0.3, 0.4) is 0 Å². The molecule has 1 aromatic rings. The maximum atomic E-state index is 11.7. The van der Waals surface area contributed by atoms with Crippen LogP contribution < -0.4 is 5.32 Å². The lowest BCUT2D eigenvalue weighted by Gasteiger charge is -2.12. The lowest BCUT2D eigenvalue weighted by atomic mass is 10.2. The van der Waals surface area contributed by atoms with Gasteiger partial charge in [-0.25, -0.2) is 0 Å². The first-order valence-corrected chi connectivity index (χ1v) is 7.35. The molecule has 0 saturated carbocycles. The van der Waals surface area contributed by atoms with Crippen LogP contribution in [0.5, 0.6) is 0 Å². The average Bonchev–Trinajstić information content (AvgIpc) is 2.33. The Labute approximate surface area is 123 Å². The molecular weight excluding hydrogens is 334 g/mol. The van der Waals surface area contributed by atoms with Gasteiger partial charge < -0.3 is 15.2 Å². The lowest BCUT2D eigenvalue weighted by molar-refractivity contribution is -0.133. The molecule has 0 aromatic heterocycles. The maximum Gasteiger partial charge on any atom is 0.313 e. The normalized spacial score (nSPS) is 10.2. The minimum atomic E-state index is -0.930. The Kier molecular flexibility index (Phi) is 6.90. The fourth-order valence-corrected chi connectivity index (χ4v) is 2.40. The van der Waals surface area contributed by atoms with Gasteiger partial charge in [-0.05, 0) is 12.1 Å². The van der Waals surface area contributed by atoms with Crippen LogP contribution in [0.4, 0.5) is 5.69 Å². The quantitative estimate of drug-likeness (QED) is 0.791. The van der Waals surface area contributed by atoms with Crippen molar-refractivity contribution in [3.63, 3.8) is 0 Å². The molecule has 0 aliphatic carbocycles. The van der Waals surface area contributed by atoms with Crippen molar-refractivity contribution in [3.8, 4) is 0 Å². The molecule has 0 unspecified atom stereocenters. The standard InChI is InChI=1S/C12H14BrNO4S/c1-18-5-8-9(13)3-2-4-10(8)14-11(15)6-19-7-12(16)17/h2-4H,5-7H2,1H3,(H,14,15)(H,16,17). The highest BCUT2D eigenvalue weighted by molar-refractivity contribution is 9.10. The summed E-state index contributed by atoms with van der Waals surface area (Å²) in [5.74, 6) is -1.15. The van der Waals surface area contributed by atoms with Gasteiger partial charge in [0.05, 0.1) is 18.1 Å². The van der Waals surface area contributed by atoms with Gasteiger partial charge in [-0.15, -0.1) is 11.8 Å². The number of methoxy groups -OCH3 is 1. The first kappa shape index (κ1) is 16.0. The summed E-state index contributed by atoms with van der Waals surface area (Å²) in [5.41, 5.74) is 1.51. The number of benzene rings is 1. The van der Waals surface area contributed by atoms with Crippen LogP contribution in [0.15, 0.2) is 22.7 Å². The van der Waals surface area contributed by atoms with Crippen molar-refractivity contribution in [1.82, 2.24) is 0 Å². The van der Waals surface area contributed by atoms with E-state index in [2.05, 4.69) is 21.2 Å². The summed E-state index contributed by atoms with van der Waals surface area (Å²) in [5, 5.41) is 11.2. The summed E-state index contributed by atoms with van der Waals surface area (Å²) >= 11 is 4.45. The van der Waals surface area contributed by atoms with E-state index >= 15 is 0 Å². The number of hydrogen-bond donors (Lipinski definition) is 2. The molecule has 2 N–H and O–H groups in total. The summed E-state index contributed by atoms with van der Waals surface area (Å²) in [7, 11) is 1.58. The van der Waals surface area contributed by atoms with Gasteiger partial charge in [0.25, 0.3) is 0 Å². The second kappa shape index (κ2) is 8.19. The van der Waals surface area contributed by atoms with Gasteiger partial charge in [-0.1, -0.05) is 22.0 Å². The number of carbonyl (C=O) groups is 2. The number of aliphatic carboxylic acids is 1. The summed E-state index contributed by atoms with van der Waals surface area (Å²) < 4.78 is 5.93. The molecule has 0 bridgehead atoms. The molecule has 7 heteroatoms. The Bertz CT molecular complexity index is 467. The van der Waals surface area contributed by atoms with Gasteiger partial charge in [0.2, 0.25) is 5.91 Å². The monoisotopic (exact) mass is 347 g/mol. The van der Waals surface area contributed by atoms with Crippen LogP contribution >= 0.6 is 27.7 Å². The average molecular weight is 348 g/mol. The fraction of sp³-hybridized carbons (Fsp3) is 0.333. The Balaban J connectivity index is 2.63. The molecule has 0 atom stereocenters. The van der Waals surface area contributed by atoms with E-state index in [1.165, 1.54) is 0 Å². The zero-order valence-electron chi connectivity index (χ0n) is 10.3. The highest BCUT2D eigenvalue weighted by Crippen LogP contribution is 2.25. The van der Waals surface area contributed by atoms with Crippen molar-refractivity contribution >= 4 is 45.3 Å². The Morgan fingerprint density at radius 3 is 2.79 bits per heavy atom. The van der Waals surface area contributed by atoms with Crippen LogP contribution in [0.1, 0.15) is 5.56 Å². The zero-order valence-corrected chi connectivity index (χ0v) is 12.7. The highest BCUT2D eigenvalue weighted by Gasteiger charge is 2.10. The molecular formula is C12H14BrNO4S. The number of thioether (sulfide) groups is 1. The van der Waals surface area contributed by atoms with E-state index in [-0.39, 0.29) is 17.4 Å². The number of amides is 1. The molecule has 0 heterocycles. The van der Waals surface area contributed by atoms with Gasteiger partial charge in [-0.2, -0.15) is 0 Å². The number of carboxylic acids is 1. The number of halogens is 1. The van der Waals surface area contributed by atoms with Crippen LogP contribution in [0, 0.1) is 0 Å². The molecule has 19 heavy (non-hydrogen) atoms. The highest BCUT2D eigenvalue weighted by atomic mass is 79.9. The molecule has 0 spiro atoms. The van der Waals surface area contributed by atoms with Gasteiger partial charge in [0, 0.05) is 22.8 Å². The molecule has 1 rings (SSSR count). The Hall–Kier alpha value is -1.05. The number of carboxylic acid groups (broad SMARTS) is 1. The number of ether oxygens (including phenoxy) is 1. The molecule has 1 amide bonds. The molecule has 104 valence electrons. The van der Waals surface area contributed by atoms with E-state index < -0.39 is 5.97 Å². The number of rotatable bonds is 7. The van der Waals surface area contributed by atoms with Gasteiger partial charge in [0.1, 0.15) is 0 Å². The van der Waals surface area contributed by atoms with E-state index in [9.17, 15) is 9.59 Å².